The van der Waals surface area contributed by atoms with Crippen molar-refractivity contribution < 1.29 is 4.74 Å². The van der Waals surface area contributed by atoms with Gasteiger partial charge in [0.1, 0.15) is 5.75 Å². The van der Waals surface area contributed by atoms with Gasteiger partial charge in [0.05, 0.1) is 7.11 Å². The van der Waals surface area contributed by atoms with Crippen LogP contribution in [0.25, 0.3) is 43.1 Å². The van der Waals surface area contributed by atoms with Crippen molar-refractivity contribution in [3.8, 4) is 5.75 Å². The van der Waals surface area contributed by atoms with Crippen LogP contribution >= 0.6 is 0 Å². The molecule has 0 amide bonds. The average molecular weight is 1490 g/mol. The lowest BCUT2D eigenvalue weighted by Crippen LogP contribution is -2.18. The molecule has 12 rings (SSSR count). The lowest BCUT2D eigenvalue weighted by Gasteiger charge is -2.29. The van der Waals surface area contributed by atoms with E-state index in [1.165, 1.54) is 180 Å². The highest BCUT2D eigenvalue weighted by molar-refractivity contribution is 5.94. The maximum atomic E-state index is 5.52. The van der Waals surface area contributed by atoms with Crippen molar-refractivity contribution >= 4 is 43.1 Å². The second kappa shape index (κ2) is 36.6. The Hall–Kier alpha value is -7.74. The number of ether oxygens (including phenoxy) is 1. The van der Waals surface area contributed by atoms with Crippen LogP contribution in [0.15, 0.2) is 170 Å². The Morgan fingerprint density at radius 3 is 0.910 bits per heavy atom. The summed E-state index contributed by atoms with van der Waals surface area (Å²) >= 11 is 0. The van der Waals surface area contributed by atoms with Crippen LogP contribution < -0.4 is 4.74 Å². The Morgan fingerprint density at radius 1 is 0.261 bits per heavy atom. The molecular weight excluding hydrogens is 1340 g/mol. The molecule has 0 aromatic heterocycles. The van der Waals surface area contributed by atoms with Crippen molar-refractivity contribution in [2.75, 3.05) is 7.11 Å². The summed E-state index contributed by atoms with van der Waals surface area (Å²) in [7, 11) is 1.74. The molecule has 111 heavy (non-hydrogen) atoms. The molecule has 0 aliphatic heterocycles. The summed E-state index contributed by atoms with van der Waals surface area (Å²) in [6.45, 7) is 83.7. The van der Waals surface area contributed by atoms with E-state index in [-0.39, 0.29) is 43.3 Å². The summed E-state index contributed by atoms with van der Waals surface area (Å²) < 4.78 is 5.52. The first kappa shape index (κ1) is 92.1. The van der Waals surface area contributed by atoms with Gasteiger partial charge < -0.3 is 4.74 Å². The predicted molar refractivity (Wildman–Crippen MR) is 499 cm³/mol. The SMILES string of the molecule is COc1cc(C(C)(C)C)c(C)c2ccccc12.Cc1c(C(C)(C)C)cc(C(C)(C)C)c2ccccc12.Cc1c(C(C)(C)C)cc(C(C)C)c2ccccc12.Cc1c(C(C)(C)C)cc(C2CCCC2)c2ccccc12.Cc1cc(C)c(C)c(C(C)(C)C)c1.Cc1cc(C)c(C)c(C(C)(C)C)c1.Cc1ccccc1C(C)(C)C. The summed E-state index contributed by atoms with van der Waals surface area (Å²) in [5.41, 5.74) is 32.0. The van der Waals surface area contributed by atoms with Gasteiger partial charge in [-0.1, -0.05) is 368 Å². The lowest BCUT2D eigenvalue weighted by atomic mass is 9.76. The summed E-state index contributed by atoms with van der Waals surface area (Å²) in [5.74, 6) is 2.31. The van der Waals surface area contributed by atoms with Crippen molar-refractivity contribution in [2.24, 2.45) is 0 Å². The first-order valence-electron chi connectivity index (χ1n) is 41.9. The molecule has 1 nitrogen and oxygen atoms in total. The van der Waals surface area contributed by atoms with Crippen molar-refractivity contribution in [3.05, 3.63) is 287 Å². The molecule has 0 radical (unpaired) electrons. The second-order valence-electron chi connectivity index (χ2n) is 41.3. The Labute approximate surface area is 680 Å². The number of hydrogen-bond donors (Lipinski definition) is 0. The van der Waals surface area contributed by atoms with E-state index in [2.05, 4.69) is 426 Å². The van der Waals surface area contributed by atoms with E-state index in [0.29, 0.717) is 5.92 Å². The molecule has 0 atom stereocenters. The minimum Gasteiger partial charge on any atom is -0.496 e. The fraction of sp³-hybridized carbons (Fsp3) is 0.473. The predicted octanol–water partition coefficient (Wildman–Crippen LogP) is 33.0. The smallest absolute Gasteiger partial charge is 0.126 e. The average Bonchev–Trinajstić information content (AvgIpc) is 1.51. The third-order valence-electron chi connectivity index (χ3n) is 23.2. The number of methoxy groups -OCH3 is 1. The van der Waals surface area contributed by atoms with Crippen LogP contribution in [0, 0.1) is 76.2 Å². The van der Waals surface area contributed by atoms with Gasteiger partial charge in [-0.2, -0.15) is 0 Å². The van der Waals surface area contributed by atoms with Gasteiger partial charge in [-0.25, -0.2) is 0 Å². The summed E-state index contributed by atoms with van der Waals surface area (Å²) in [4.78, 5) is 0. The second-order valence-corrected chi connectivity index (χ2v) is 41.3. The van der Waals surface area contributed by atoms with E-state index in [0.717, 1.165) is 11.7 Å². The van der Waals surface area contributed by atoms with Gasteiger partial charge >= 0.3 is 0 Å². The number of aryl methyl sites for hydroxylation is 9. The van der Waals surface area contributed by atoms with Crippen LogP contribution in [0.2, 0.25) is 0 Å². The minimum atomic E-state index is 0.140. The Bertz CT molecular complexity index is 4880. The van der Waals surface area contributed by atoms with Gasteiger partial charge in [-0.05, 0) is 294 Å². The minimum absolute atomic E-state index is 0.140. The molecule has 11 aromatic carbocycles. The van der Waals surface area contributed by atoms with Crippen molar-refractivity contribution in [1.82, 2.24) is 0 Å². The molecule has 1 aliphatic rings. The quantitative estimate of drug-likeness (QED) is 0.171. The van der Waals surface area contributed by atoms with E-state index in [1.807, 2.05) is 0 Å². The van der Waals surface area contributed by atoms with E-state index in [1.54, 1.807) is 12.7 Å². The molecule has 1 saturated carbocycles. The highest BCUT2D eigenvalue weighted by Crippen LogP contribution is 2.44. The molecule has 1 aliphatic carbocycles. The molecular formula is C110H152O. The first-order chi connectivity index (χ1) is 51.0. The largest absolute Gasteiger partial charge is 0.496 e. The third-order valence-corrected chi connectivity index (χ3v) is 23.2. The Kier molecular flexibility index (Phi) is 30.4. The third kappa shape index (κ3) is 23.7. The normalized spacial score (nSPS) is 13.0. The van der Waals surface area contributed by atoms with Gasteiger partial charge in [0, 0.05) is 5.39 Å². The topological polar surface area (TPSA) is 9.23 Å². The van der Waals surface area contributed by atoms with Crippen LogP contribution in [-0.2, 0) is 43.3 Å². The van der Waals surface area contributed by atoms with E-state index >= 15 is 0 Å². The number of rotatable bonds is 3. The molecule has 0 N–H and O–H groups in total. The molecule has 598 valence electrons. The molecule has 1 heteroatoms. The molecule has 11 aromatic rings. The fourth-order valence-electron chi connectivity index (χ4n) is 17.1. The lowest BCUT2D eigenvalue weighted by molar-refractivity contribution is 0.417. The first-order valence-corrected chi connectivity index (χ1v) is 41.9. The Morgan fingerprint density at radius 2 is 0.550 bits per heavy atom. The van der Waals surface area contributed by atoms with Crippen LogP contribution in [0.1, 0.15) is 334 Å². The summed E-state index contributed by atoms with van der Waals surface area (Å²) in [6, 6.07) is 62.3. The molecule has 0 heterocycles. The van der Waals surface area contributed by atoms with Crippen molar-refractivity contribution in [2.45, 2.75) is 337 Å². The molecule has 0 bridgehead atoms. The van der Waals surface area contributed by atoms with Crippen molar-refractivity contribution in [1.29, 1.82) is 0 Å². The fourth-order valence-corrected chi connectivity index (χ4v) is 17.1. The number of fused-ring (bicyclic) bond motifs is 4. The highest BCUT2D eigenvalue weighted by atomic mass is 16.5. The van der Waals surface area contributed by atoms with Gasteiger partial charge in [-0.15, -0.1) is 0 Å². The van der Waals surface area contributed by atoms with Crippen LogP contribution in [-0.4, -0.2) is 7.11 Å². The molecule has 0 spiro atoms. The number of benzene rings is 11. The van der Waals surface area contributed by atoms with Gasteiger partial charge in [0.15, 0.2) is 0 Å². The maximum absolute atomic E-state index is 5.52. The zero-order valence-corrected chi connectivity index (χ0v) is 77.6. The standard InChI is InChI=1S/C20H26.C19H26.C18H24.C16H20O.2C13H20.C11H16/c1-14-16-11-7-8-12-17(16)18(15-9-5-6-10-15)13-19(14)20(2,3)4;1-13-14-10-8-9-11-15(14)17(19(5,6)7)12-16(13)18(2,3)4;1-12(2)16-11-17(18(4,5)6)13(3)14-9-7-8-10-15(14)16;1-11-12-8-6-7-9-13(12)15(17-5)10-14(11)16(2,3)4;2*1-9-7-10(2)11(3)12(8-9)13(4,5)6;1-9-7-5-6-8-10(9)11(2,3)4/h7-8,11-13,15H,5-6,9-10H2,1-4H3;8-12H,1-7H3;7-12H,1-6H3;6-10H,1-5H3;2*7-8H,1-6H3;5-8H,1-4H3. The van der Waals surface area contributed by atoms with Gasteiger partial charge in [0.25, 0.3) is 0 Å². The van der Waals surface area contributed by atoms with Gasteiger partial charge in [-0.3, -0.25) is 0 Å². The van der Waals surface area contributed by atoms with Crippen LogP contribution in [0.5, 0.6) is 5.75 Å². The zero-order chi connectivity index (χ0) is 83.8. The Balaban J connectivity index is 0.000000204. The molecule has 0 unspecified atom stereocenters. The van der Waals surface area contributed by atoms with E-state index in [9.17, 15) is 0 Å². The van der Waals surface area contributed by atoms with E-state index < -0.39 is 0 Å². The highest BCUT2D eigenvalue weighted by Gasteiger charge is 2.28. The summed E-state index contributed by atoms with van der Waals surface area (Å²) in [6.07, 6.45) is 5.54. The zero-order valence-electron chi connectivity index (χ0n) is 77.6. The monoisotopic (exact) mass is 1490 g/mol. The maximum Gasteiger partial charge on any atom is 0.126 e. The van der Waals surface area contributed by atoms with Gasteiger partial charge in [0.2, 0.25) is 0 Å². The molecule has 0 saturated heterocycles. The molecule has 1 fully saturated rings. The summed E-state index contributed by atoms with van der Waals surface area (Å²) in [5, 5.41) is 11.1. The van der Waals surface area contributed by atoms with E-state index in [4.69, 9.17) is 4.74 Å². The number of hydrogen-bond acceptors (Lipinski definition) is 1. The van der Waals surface area contributed by atoms with Crippen molar-refractivity contribution in [3.63, 3.8) is 0 Å². The van der Waals surface area contributed by atoms with Crippen LogP contribution in [0.3, 0.4) is 0 Å². The van der Waals surface area contributed by atoms with Crippen LogP contribution in [0.4, 0.5) is 0 Å².